The average molecular weight is 459 g/mol. The number of Topliss-reactive ketones (excluding diaryl/α,β-unsaturated/α-hetero) is 1. The maximum absolute atomic E-state index is 13.3. The molecule has 1 aliphatic carbocycles. The Morgan fingerprint density at radius 2 is 1.82 bits per heavy atom. The fourth-order valence-corrected chi connectivity index (χ4v) is 5.51. The number of nitrogen functional groups attached to an aromatic ring is 1. The summed E-state index contributed by atoms with van der Waals surface area (Å²) in [5.74, 6) is 1.67. The van der Waals surface area contributed by atoms with Gasteiger partial charge in [0, 0.05) is 34.9 Å². The van der Waals surface area contributed by atoms with Crippen LogP contribution in [0.1, 0.15) is 49.3 Å². The molecule has 0 spiro atoms. The molecular weight excluding hydrogens is 432 g/mol. The van der Waals surface area contributed by atoms with Crippen LogP contribution < -0.4 is 11.1 Å². The van der Waals surface area contributed by atoms with Gasteiger partial charge in [-0.2, -0.15) is 0 Å². The topological polar surface area (TPSA) is 101 Å². The first kappa shape index (κ1) is 21.5. The highest BCUT2D eigenvalue weighted by molar-refractivity contribution is 7.98. The maximum atomic E-state index is 13.3. The van der Waals surface area contributed by atoms with E-state index in [0.29, 0.717) is 23.2 Å². The normalized spacial score (nSPS) is 19.0. The number of fused-ring (bicyclic) bond motifs is 1. The summed E-state index contributed by atoms with van der Waals surface area (Å²) in [5.41, 5.74) is 10.8. The summed E-state index contributed by atoms with van der Waals surface area (Å²) in [6.45, 7) is 4.22. The molecule has 33 heavy (non-hydrogen) atoms. The lowest BCUT2D eigenvalue weighted by Gasteiger charge is -2.39. The minimum Gasteiger partial charge on any atom is -0.508 e. The molecule has 2 heterocycles. The van der Waals surface area contributed by atoms with E-state index in [2.05, 4.69) is 36.3 Å². The van der Waals surface area contributed by atoms with Crippen LogP contribution in [0, 0.1) is 5.41 Å². The number of benzene rings is 2. The number of carbonyl (C=O) groups is 1. The fourth-order valence-electron chi connectivity index (χ4n) is 4.70. The third-order valence-electron chi connectivity index (χ3n) is 6.16. The lowest BCUT2D eigenvalue weighted by atomic mass is 9.69. The number of rotatable bonds is 4. The van der Waals surface area contributed by atoms with E-state index in [4.69, 9.17) is 10.7 Å². The Hall–Kier alpha value is -3.32. The standard InChI is InChI=1S/C26H26N4O2S/c1-26(2)12-18-21(19(32)13-26)20(16-8-10-17(31)11-9-16)22-23(27)29-25(30-24(22)28-18)33-14-15-6-4-3-5-7-15/h3-11,20,31H,12-14H2,1-2H3,(H3,27,28,29,30)/t20-/m0/s1. The number of aromatic nitrogens is 2. The first-order valence-electron chi connectivity index (χ1n) is 11.0. The Morgan fingerprint density at radius 1 is 1.09 bits per heavy atom. The number of hydrogen-bond acceptors (Lipinski definition) is 7. The van der Waals surface area contributed by atoms with Gasteiger partial charge in [-0.05, 0) is 35.1 Å². The minimum atomic E-state index is -0.367. The second-order valence-corrected chi connectivity index (χ2v) is 10.4. The summed E-state index contributed by atoms with van der Waals surface area (Å²) in [5, 5.41) is 13.8. The predicted octanol–water partition coefficient (Wildman–Crippen LogP) is 5.26. The zero-order valence-corrected chi connectivity index (χ0v) is 19.4. The van der Waals surface area contributed by atoms with Gasteiger partial charge < -0.3 is 16.2 Å². The monoisotopic (exact) mass is 458 g/mol. The molecule has 7 heteroatoms. The number of allylic oxidation sites excluding steroid dienone is 2. The number of carbonyl (C=O) groups excluding carboxylic acids is 1. The lowest BCUT2D eigenvalue weighted by Crippen LogP contribution is -2.34. The Morgan fingerprint density at radius 3 is 2.55 bits per heavy atom. The molecule has 0 saturated carbocycles. The number of hydrogen-bond donors (Lipinski definition) is 3. The summed E-state index contributed by atoms with van der Waals surface area (Å²) < 4.78 is 0. The van der Waals surface area contributed by atoms with Crippen molar-refractivity contribution in [1.82, 2.24) is 9.97 Å². The van der Waals surface area contributed by atoms with Crippen molar-refractivity contribution in [2.45, 2.75) is 43.5 Å². The van der Waals surface area contributed by atoms with Gasteiger partial charge in [0.1, 0.15) is 17.4 Å². The third kappa shape index (κ3) is 4.20. The van der Waals surface area contributed by atoms with Crippen molar-refractivity contribution >= 4 is 29.2 Å². The third-order valence-corrected chi connectivity index (χ3v) is 7.08. The Bertz CT molecular complexity index is 1250. The number of ketones is 1. The van der Waals surface area contributed by atoms with Gasteiger partial charge >= 0.3 is 0 Å². The Balaban J connectivity index is 1.58. The van der Waals surface area contributed by atoms with Crippen molar-refractivity contribution in [2.75, 3.05) is 11.1 Å². The van der Waals surface area contributed by atoms with Crippen LogP contribution in [0.25, 0.3) is 0 Å². The highest BCUT2D eigenvalue weighted by Gasteiger charge is 2.42. The number of thioether (sulfide) groups is 1. The summed E-state index contributed by atoms with van der Waals surface area (Å²) in [6, 6.07) is 17.1. The summed E-state index contributed by atoms with van der Waals surface area (Å²) in [6.07, 6.45) is 1.22. The molecule has 0 radical (unpaired) electrons. The first-order valence-corrected chi connectivity index (χ1v) is 12.0. The van der Waals surface area contributed by atoms with E-state index in [9.17, 15) is 9.90 Å². The molecule has 1 aromatic heterocycles. The van der Waals surface area contributed by atoms with Gasteiger partial charge in [0.15, 0.2) is 10.9 Å². The molecule has 2 aromatic carbocycles. The van der Waals surface area contributed by atoms with Gasteiger partial charge in [-0.25, -0.2) is 9.97 Å². The van der Waals surface area contributed by atoms with Gasteiger partial charge in [0.05, 0.1) is 0 Å². The number of nitrogens with one attached hydrogen (secondary N) is 1. The number of nitrogens with two attached hydrogens (primary N) is 1. The van der Waals surface area contributed by atoms with E-state index in [1.54, 1.807) is 12.1 Å². The van der Waals surface area contributed by atoms with Crippen LogP contribution in [-0.4, -0.2) is 20.9 Å². The summed E-state index contributed by atoms with van der Waals surface area (Å²) >= 11 is 1.53. The van der Waals surface area contributed by atoms with Crippen molar-refractivity contribution in [3.05, 3.63) is 82.6 Å². The fraction of sp³-hybridized carbons (Fsp3) is 0.269. The number of phenols is 1. The number of anilines is 2. The molecule has 4 N–H and O–H groups in total. The van der Waals surface area contributed by atoms with Crippen LogP contribution in [0.4, 0.5) is 11.6 Å². The zero-order chi connectivity index (χ0) is 23.2. The number of nitrogens with zero attached hydrogens (tertiary/aromatic N) is 2. The second-order valence-electron chi connectivity index (χ2n) is 9.41. The molecule has 1 aliphatic heterocycles. The van der Waals surface area contributed by atoms with Crippen LogP contribution in [0.5, 0.6) is 5.75 Å². The van der Waals surface area contributed by atoms with Crippen molar-refractivity contribution in [3.63, 3.8) is 0 Å². The molecule has 3 aromatic rings. The van der Waals surface area contributed by atoms with Gasteiger partial charge in [-0.15, -0.1) is 0 Å². The Kier molecular flexibility index (Phi) is 5.37. The number of phenolic OH excluding ortho intramolecular Hbond substituents is 1. The molecule has 0 fully saturated rings. The SMILES string of the molecule is CC1(C)CC(=O)C2=C(C1)Nc1nc(SCc3ccccc3)nc(N)c1[C@H]2c1ccc(O)cc1. The van der Waals surface area contributed by atoms with Gasteiger partial charge in [0.2, 0.25) is 0 Å². The van der Waals surface area contributed by atoms with Gasteiger partial charge in [0.25, 0.3) is 0 Å². The molecule has 0 bridgehead atoms. The molecule has 0 unspecified atom stereocenters. The molecular formula is C26H26N4O2S. The molecule has 168 valence electrons. The van der Waals surface area contributed by atoms with Crippen molar-refractivity contribution < 1.29 is 9.90 Å². The lowest BCUT2D eigenvalue weighted by molar-refractivity contribution is -0.118. The van der Waals surface area contributed by atoms with Crippen LogP contribution in [-0.2, 0) is 10.5 Å². The van der Waals surface area contributed by atoms with Crippen LogP contribution in [0.2, 0.25) is 0 Å². The molecule has 5 rings (SSSR count). The van der Waals surface area contributed by atoms with Crippen molar-refractivity contribution in [3.8, 4) is 5.75 Å². The second kappa shape index (κ2) is 8.23. The van der Waals surface area contributed by atoms with Crippen molar-refractivity contribution in [2.24, 2.45) is 5.41 Å². The average Bonchev–Trinajstić information content (AvgIpc) is 2.77. The highest BCUT2D eigenvalue weighted by atomic mass is 32.2. The highest BCUT2D eigenvalue weighted by Crippen LogP contribution is 2.50. The molecule has 0 saturated heterocycles. The minimum absolute atomic E-state index is 0.111. The van der Waals surface area contributed by atoms with E-state index in [-0.39, 0.29) is 22.9 Å². The van der Waals surface area contributed by atoms with E-state index in [1.165, 1.54) is 17.3 Å². The van der Waals surface area contributed by atoms with Crippen molar-refractivity contribution in [1.29, 1.82) is 0 Å². The summed E-state index contributed by atoms with van der Waals surface area (Å²) in [4.78, 5) is 22.7. The van der Waals surface area contributed by atoms with E-state index in [0.717, 1.165) is 34.6 Å². The maximum Gasteiger partial charge on any atom is 0.191 e. The quantitative estimate of drug-likeness (QED) is 0.362. The molecule has 2 aliphatic rings. The van der Waals surface area contributed by atoms with E-state index < -0.39 is 0 Å². The number of aromatic hydroxyl groups is 1. The summed E-state index contributed by atoms with van der Waals surface area (Å²) in [7, 11) is 0. The Labute approximate surface area is 197 Å². The molecule has 6 nitrogen and oxygen atoms in total. The van der Waals surface area contributed by atoms with Crippen LogP contribution in [0.15, 0.2) is 71.0 Å². The van der Waals surface area contributed by atoms with Crippen LogP contribution >= 0.6 is 11.8 Å². The smallest absolute Gasteiger partial charge is 0.191 e. The van der Waals surface area contributed by atoms with E-state index >= 15 is 0 Å². The largest absolute Gasteiger partial charge is 0.508 e. The van der Waals surface area contributed by atoms with E-state index in [1.807, 2.05) is 30.3 Å². The molecule has 1 atom stereocenters. The zero-order valence-electron chi connectivity index (χ0n) is 18.6. The molecule has 0 amide bonds. The predicted molar refractivity (Wildman–Crippen MR) is 131 cm³/mol. The van der Waals surface area contributed by atoms with Gasteiger partial charge in [-0.3, -0.25) is 4.79 Å². The van der Waals surface area contributed by atoms with Gasteiger partial charge in [-0.1, -0.05) is 68.1 Å². The first-order chi connectivity index (χ1) is 15.8. The van der Waals surface area contributed by atoms with Crippen LogP contribution in [0.3, 0.4) is 0 Å².